The second kappa shape index (κ2) is 7.58. The Kier molecular flexibility index (Phi) is 5.51. The van der Waals surface area contributed by atoms with Gasteiger partial charge in [0.25, 0.3) is 0 Å². The van der Waals surface area contributed by atoms with Crippen LogP contribution in [0.2, 0.25) is 0 Å². The van der Waals surface area contributed by atoms with Crippen molar-refractivity contribution in [3.63, 3.8) is 0 Å². The lowest BCUT2D eigenvalue weighted by Gasteiger charge is -2.20. The number of carbonyl (C=O) groups is 2. The topological polar surface area (TPSA) is 98.1 Å². The summed E-state index contributed by atoms with van der Waals surface area (Å²) in [6.45, 7) is 5.77. The number of anilines is 2. The van der Waals surface area contributed by atoms with Crippen LogP contribution in [0.15, 0.2) is 36.9 Å². The Morgan fingerprint density at radius 2 is 1.83 bits per heavy atom. The minimum atomic E-state index is -0.597. The zero-order valence-electron chi connectivity index (χ0n) is 13.9. The van der Waals surface area contributed by atoms with Crippen LogP contribution in [0.4, 0.5) is 16.2 Å². The van der Waals surface area contributed by atoms with Crippen molar-refractivity contribution in [3.8, 4) is 0 Å². The maximum absolute atomic E-state index is 12.1. The second-order valence-electron chi connectivity index (χ2n) is 6.13. The van der Waals surface area contributed by atoms with Crippen molar-refractivity contribution in [1.29, 1.82) is 0 Å². The minimum Gasteiger partial charge on any atom is -0.444 e. The molecule has 0 aliphatic carbocycles. The Morgan fingerprint density at radius 3 is 2.42 bits per heavy atom. The number of nitrogens with one attached hydrogen (secondary N) is 2. The summed E-state index contributed by atoms with van der Waals surface area (Å²) in [5.74, 6) is -0.191. The van der Waals surface area contributed by atoms with Gasteiger partial charge < -0.3 is 10.1 Å². The minimum absolute atomic E-state index is 0.191. The quantitative estimate of drug-likeness (QED) is 0.877. The van der Waals surface area contributed by atoms with Crippen molar-refractivity contribution < 1.29 is 14.3 Å². The normalized spacial score (nSPS) is 11.0. The van der Waals surface area contributed by atoms with Crippen LogP contribution < -0.4 is 10.6 Å². The van der Waals surface area contributed by atoms with E-state index in [9.17, 15) is 9.59 Å². The molecule has 0 aliphatic rings. The Morgan fingerprint density at radius 1 is 1.17 bits per heavy atom. The van der Waals surface area contributed by atoms with Crippen molar-refractivity contribution in [3.05, 3.63) is 36.9 Å². The van der Waals surface area contributed by atoms with Gasteiger partial charge in [-0.3, -0.25) is 14.8 Å². The van der Waals surface area contributed by atoms with Crippen LogP contribution in [-0.2, 0) is 16.1 Å². The number of amides is 2. The molecule has 0 aliphatic heterocycles. The molecule has 0 spiro atoms. The van der Waals surface area contributed by atoms with Crippen molar-refractivity contribution in [2.45, 2.75) is 39.3 Å². The molecule has 8 heteroatoms. The number of nitrogens with zero attached hydrogens (tertiary/aromatic N) is 3. The molecule has 24 heavy (non-hydrogen) atoms. The first-order valence-electron chi connectivity index (χ1n) is 7.55. The van der Waals surface area contributed by atoms with Gasteiger partial charge in [0, 0.05) is 6.42 Å². The molecule has 0 radical (unpaired) electrons. The van der Waals surface area contributed by atoms with E-state index in [1.54, 1.807) is 56.0 Å². The third-order valence-corrected chi connectivity index (χ3v) is 2.87. The largest absolute Gasteiger partial charge is 0.444 e. The lowest BCUT2D eigenvalue weighted by molar-refractivity contribution is -0.116. The van der Waals surface area contributed by atoms with E-state index in [1.165, 1.54) is 6.33 Å². The number of rotatable bonds is 5. The highest BCUT2D eigenvalue weighted by Gasteiger charge is 2.17. The fraction of sp³-hybridized carbons (Fsp3) is 0.375. The average molecular weight is 331 g/mol. The smallest absolute Gasteiger partial charge is 0.412 e. The van der Waals surface area contributed by atoms with E-state index in [0.29, 0.717) is 17.9 Å². The van der Waals surface area contributed by atoms with Crippen LogP contribution in [0.5, 0.6) is 0 Å². The molecule has 8 nitrogen and oxygen atoms in total. The lowest BCUT2D eigenvalue weighted by Crippen LogP contribution is -2.27. The van der Waals surface area contributed by atoms with Crippen molar-refractivity contribution in [1.82, 2.24) is 14.8 Å². The maximum Gasteiger partial charge on any atom is 0.412 e. The fourth-order valence-corrected chi connectivity index (χ4v) is 1.89. The molecule has 0 saturated heterocycles. The number of para-hydroxylation sites is 2. The van der Waals surface area contributed by atoms with Crippen LogP contribution in [0.3, 0.4) is 0 Å². The number of hydrogen-bond acceptors (Lipinski definition) is 5. The molecule has 2 N–H and O–H groups in total. The highest BCUT2D eigenvalue weighted by molar-refractivity contribution is 5.97. The van der Waals surface area contributed by atoms with E-state index >= 15 is 0 Å². The van der Waals surface area contributed by atoms with Crippen molar-refractivity contribution >= 4 is 23.4 Å². The van der Waals surface area contributed by atoms with Gasteiger partial charge >= 0.3 is 6.09 Å². The standard InChI is InChI=1S/C16H21N5O3/c1-16(2,3)24-15(23)20-13-7-5-4-6-12(13)19-14(22)8-9-21-11-17-10-18-21/h4-7,10-11H,8-9H2,1-3H3,(H,19,22)(H,20,23). The zero-order valence-corrected chi connectivity index (χ0v) is 13.9. The molecule has 128 valence electrons. The Hall–Kier alpha value is -2.90. The average Bonchev–Trinajstić information content (AvgIpc) is 2.98. The molecule has 0 fully saturated rings. The van der Waals surface area contributed by atoms with Gasteiger partial charge in [0.1, 0.15) is 18.3 Å². The van der Waals surface area contributed by atoms with Crippen LogP contribution in [-0.4, -0.2) is 32.4 Å². The number of benzene rings is 1. The van der Waals surface area contributed by atoms with Gasteiger partial charge in [0.2, 0.25) is 5.91 Å². The zero-order chi connectivity index (χ0) is 17.6. The van der Waals surface area contributed by atoms with Crippen LogP contribution in [0.25, 0.3) is 0 Å². The van der Waals surface area contributed by atoms with E-state index in [-0.39, 0.29) is 12.3 Å². The molecule has 1 aromatic heterocycles. The third kappa shape index (κ3) is 5.71. The molecule has 2 rings (SSSR count). The van der Waals surface area contributed by atoms with Gasteiger partial charge in [-0.2, -0.15) is 5.10 Å². The summed E-state index contributed by atoms with van der Waals surface area (Å²) in [4.78, 5) is 27.8. The van der Waals surface area contributed by atoms with Crippen LogP contribution in [0.1, 0.15) is 27.2 Å². The molecular weight excluding hydrogens is 310 g/mol. The highest BCUT2D eigenvalue weighted by Crippen LogP contribution is 2.22. The van der Waals surface area contributed by atoms with E-state index in [2.05, 4.69) is 20.7 Å². The Labute approximate surface area is 140 Å². The van der Waals surface area contributed by atoms with Crippen LogP contribution >= 0.6 is 0 Å². The first kappa shape index (κ1) is 17.5. The van der Waals surface area contributed by atoms with Gasteiger partial charge in [-0.1, -0.05) is 12.1 Å². The van der Waals surface area contributed by atoms with Gasteiger partial charge in [0.15, 0.2) is 0 Å². The first-order valence-corrected chi connectivity index (χ1v) is 7.55. The number of hydrogen-bond donors (Lipinski definition) is 2. The number of aryl methyl sites for hydroxylation is 1. The number of ether oxygens (including phenoxy) is 1. The Balaban J connectivity index is 1.95. The Bertz CT molecular complexity index is 692. The molecule has 2 aromatic rings. The molecule has 0 atom stereocenters. The van der Waals surface area contributed by atoms with E-state index in [0.717, 1.165) is 0 Å². The summed E-state index contributed by atoms with van der Waals surface area (Å²) >= 11 is 0. The predicted molar refractivity (Wildman–Crippen MR) is 89.6 cm³/mol. The predicted octanol–water partition coefficient (Wildman–Crippen LogP) is 2.65. The van der Waals surface area contributed by atoms with Crippen molar-refractivity contribution in [2.24, 2.45) is 0 Å². The van der Waals surface area contributed by atoms with Crippen molar-refractivity contribution in [2.75, 3.05) is 10.6 Å². The summed E-state index contributed by atoms with van der Waals surface area (Å²) < 4.78 is 6.79. The first-order chi connectivity index (χ1) is 11.3. The number of carbonyl (C=O) groups excluding carboxylic acids is 2. The monoisotopic (exact) mass is 331 g/mol. The fourth-order valence-electron chi connectivity index (χ4n) is 1.89. The van der Waals surface area contributed by atoms with Crippen LogP contribution in [0, 0.1) is 0 Å². The lowest BCUT2D eigenvalue weighted by atomic mass is 10.2. The third-order valence-electron chi connectivity index (χ3n) is 2.87. The van der Waals surface area contributed by atoms with E-state index in [1.807, 2.05) is 0 Å². The second-order valence-corrected chi connectivity index (χ2v) is 6.13. The molecule has 1 aromatic carbocycles. The summed E-state index contributed by atoms with van der Waals surface area (Å²) in [5, 5.41) is 9.35. The number of aromatic nitrogens is 3. The summed E-state index contributed by atoms with van der Waals surface area (Å²) in [6, 6.07) is 6.93. The summed E-state index contributed by atoms with van der Waals surface area (Å²) in [5.41, 5.74) is 0.382. The molecule has 0 bridgehead atoms. The highest BCUT2D eigenvalue weighted by atomic mass is 16.6. The summed E-state index contributed by atoms with van der Waals surface area (Å²) in [6.07, 6.45) is 2.62. The van der Waals surface area contributed by atoms with E-state index in [4.69, 9.17) is 4.74 Å². The SMILES string of the molecule is CC(C)(C)OC(=O)Nc1ccccc1NC(=O)CCn1cncn1. The molecule has 2 amide bonds. The van der Waals surface area contributed by atoms with E-state index < -0.39 is 11.7 Å². The van der Waals surface area contributed by atoms with Gasteiger partial charge in [0.05, 0.1) is 17.9 Å². The van der Waals surface area contributed by atoms with Gasteiger partial charge in [-0.15, -0.1) is 0 Å². The maximum atomic E-state index is 12.1. The molecule has 0 unspecified atom stereocenters. The molecular formula is C16H21N5O3. The van der Waals surface area contributed by atoms with Gasteiger partial charge in [-0.05, 0) is 32.9 Å². The molecule has 1 heterocycles. The molecule has 0 saturated carbocycles. The van der Waals surface area contributed by atoms with Gasteiger partial charge in [-0.25, -0.2) is 9.78 Å². The summed E-state index contributed by atoms with van der Waals surface area (Å²) in [7, 11) is 0.